The van der Waals surface area contributed by atoms with Crippen molar-refractivity contribution in [2.75, 3.05) is 6.61 Å². The van der Waals surface area contributed by atoms with E-state index in [4.69, 9.17) is 18.6 Å². The maximum Gasteiger partial charge on any atom is 0.197 e. The molecule has 2 aliphatic heterocycles. The molecular formula is C26H28O16. The molecule has 16 nitrogen and oxygen atoms in total. The van der Waals surface area contributed by atoms with Crippen LogP contribution < -0.4 is 5.43 Å². The van der Waals surface area contributed by atoms with Crippen LogP contribution in [0, 0.1) is 0 Å². The van der Waals surface area contributed by atoms with E-state index in [2.05, 4.69) is 0 Å². The number of phenols is 4. The predicted molar refractivity (Wildman–Crippen MR) is 135 cm³/mol. The van der Waals surface area contributed by atoms with Gasteiger partial charge in [-0.2, -0.15) is 0 Å². The summed E-state index contributed by atoms with van der Waals surface area (Å²) in [6, 6.07) is 5.47. The minimum atomic E-state index is -2.12. The Morgan fingerprint density at radius 1 is 0.762 bits per heavy atom. The first-order chi connectivity index (χ1) is 19.8. The third-order valence-electron chi connectivity index (χ3n) is 7.26. The van der Waals surface area contributed by atoms with Gasteiger partial charge in [0.25, 0.3) is 0 Å². The second-order valence-corrected chi connectivity index (χ2v) is 9.94. The van der Waals surface area contributed by atoms with Gasteiger partial charge >= 0.3 is 0 Å². The van der Waals surface area contributed by atoms with E-state index in [0.29, 0.717) is 0 Å². The lowest BCUT2D eigenvalue weighted by Crippen LogP contribution is -2.63. The summed E-state index contributed by atoms with van der Waals surface area (Å²) in [5.74, 6) is -2.73. The molecule has 2 aromatic carbocycles. The Hall–Kier alpha value is -3.55. The molecule has 0 aliphatic carbocycles. The fourth-order valence-electron chi connectivity index (χ4n) is 4.99. The molecule has 16 heteroatoms. The number of aromatic hydroxyl groups is 4. The van der Waals surface area contributed by atoms with Crippen molar-refractivity contribution in [1.82, 2.24) is 0 Å². The highest BCUT2D eigenvalue weighted by Gasteiger charge is 2.51. The normalized spacial score (nSPS) is 33.6. The molecule has 0 unspecified atom stereocenters. The van der Waals surface area contributed by atoms with Crippen LogP contribution in [0.5, 0.6) is 23.0 Å². The molecule has 42 heavy (non-hydrogen) atoms. The van der Waals surface area contributed by atoms with Crippen molar-refractivity contribution in [3.05, 3.63) is 46.1 Å². The quantitative estimate of drug-likeness (QED) is 0.137. The number of ether oxygens (including phenoxy) is 3. The number of benzene rings is 2. The fourth-order valence-corrected chi connectivity index (χ4v) is 4.99. The number of hydrogen-bond donors (Lipinski definition) is 11. The molecule has 0 spiro atoms. The van der Waals surface area contributed by atoms with Crippen LogP contribution in [0.15, 0.2) is 39.5 Å². The summed E-state index contributed by atoms with van der Waals surface area (Å²) in [6.45, 7) is -0.800. The van der Waals surface area contributed by atoms with Crippen molar-refractivity contribution in [3.63, 3.8) is 0 Å². The number of fused-ring (bicyclic) bond motifs is 1. The highest BCUT2D eigenvalue weighted by atomic mass is 16.7. The Labute approximate surface area is 234 Å². The molecule has 0 radical (unpaired) electrons. The van der Waals surface area contributed by atoms with Gasteiger partial charge in [0, 0.05) is 17.7 Å². The maximum absolute atomic E-state index is 13.0. The summed E-state index contributed by atoms with van der Waals surface area (Å²) < 4.78 is 21.5. The molecule has 0 bridgehead atoms. The average Bonchev–Trinajstić information content (AvgIpc) is 2.94. The van der Waals surface area contributed by atoms with Gasteiger partial charge in [-0.15, -0.1) is 0 Å². The van der Waals surface area contributed by atoms with Gasteiger partial charge < -0.3 is 74.8 Å². The lowest BCUT2D eigenvalue weighted by Gasteiger charge is -2.45. The number of hydrogen-bond acceptors (Lipinski definition) is 16. The number of aliphatic hydroxyl groups is 7. The van der Waals surface area contributed by atoms with Crippen LogP contribution in [0.4, 0.5) is 0 Å². The Kier molecular flexibility index (Phi) is 8.03. The Bertz CT molecular complexity index is 1520. The van der Waals surface area contributed by atoms with Crippen molar-refractivity contribution in [1.29, 1.82) is 0 Å². The maximum atomic E-state index is 13.0. The lowest BCUT2D eigenvalue weighted by atomic mass is 9.91. The van der Waals surface area contributed by atoms with Crippen LogP contribution in [-0.2, 0) is 14.2 Å². The highest BCUT2D eigenvalue weighted by molar-refractivity contribution is 5.88. The van der Waals surface area contributed by atoms with Crippen molar-refractivity contribution in [2.45, 2.75) is 61.4 Å². The molecule has 3 heterocycles. The van der Waals surface area contributed by atoms with Crippen LogP contribution in [0.3, 0.4) is 0 Å². The third-order valence-corrected chi connectivity index (χ3v) is 7.26. The fraction of sp³-hybridized carbons (Fsp3) is 0.423. The standard InChI is InChI=1S/C26H28O16/c27-6-14-17(32)19(34)20(35)26(40-14)42-24-21(36)23(41-25(38)22(24)37)16-11(31)5-13-15(18(16)33)10(30)4-12(39-13)7-1-2-8(28)9(29)3-7/h1-5,14,17,19-29,31-38H,6H2/t14-,17-,19+,20-,21+,22+,23-,24-,25+,26-/m1/s1. The summed E-state index contributed by atoms with van der Waals surface area (Å²) in [5.41, 5.74) is -1.60. The van der Waals surface area contributed by atoms with Crippen molar-refractivity contribution >= 4 is 11.0 Å². The Morgan fingerprint density at radius 3 is 2.14 bits per heavy atom. The van der Waals surface area contributed by atoms with Crippen molar-refractivity contribution in [3.8, 4) is 34.3 Å². The highest BCUT2D eigenvalue weighted by Crippen LogP contribution is 2.45. The average molecular weight is 596 g/mol. The van der Waals surface area contributed by atoms with E-state index in [-0.39, 0.29) is 16.9 Å². The van der Waals surface area contributed by atoms with Crippen LogP contribution >= 0.6 is 0 Å². The zero-order valence-electron chi connectivity index (χ0n) is 21.3. The van der Waals surface area contributed by atoms with Crippen LogP contribution in [-0.4, -0.2) is 118 Å². The SMILES string of the molecule is O=c1cc(-c2ccc(O)c(O)c2)oc2cc(O)c([C@H]3O[C@H](O)[C@@H](O)[C@H](O[C@H]4O[C@H](CO)[C@@H](O)[C@H](O)[C@H]4O)[C@H]3O)c(O)c12. The van der Waals surface area contributed by atoms with Gasteiger partial charge in [0.15, 0.2) is 29.5 Å². The minimum absolute atomic E-state index is 0.102. The van der Waals surface area contributed by atoms with Crippen LogP contribution in [0.1, 0.15) is 11.7 Å². The first kappa shape index (κ1) is 29.9. The van der Waals surface area contributed by atoms with Gasteiger partial charge in [-0.1, -0.05) is 0 Å². The van der Waals surface area contributed by atoms with E-state index in [1.807, 2.05) is 0 Å². The molecule has 3 aromatic rings. The molecule has 0 saturated carbocycles. The minimum Gasteiger partial charge on any atom is -0.507 e. The van der Waals surface area contributed by atoms with Gasteiger partial charge in [0.2, 0.25) is 0 Å². The summed E-state index contributed by atoms with van der Waals surface area (Å²) in [7, 11) is 0. The van der Waals surface area contributed by atoms with E-state index < -0.39 is 107 Å². The third kappa shape index (κ3) is 5.03. The van der Waals surface area contributed by atoms with E-state index in [1.54, 1.807) is 0 Å². The Balaban J connectivity index is 1.51. The van der Waals surface area contributed by atoms with Gasteiger partial charge in [0.1, 0.15) is 77.1 Å². The topological polar surface area (TPSA) is 280 Å². The largest absolute Gasteiger partial charge is 0.507 e. The Morgan fingerprint density at radius 2 is 1.48 bits per heavy atom. The zero-order valence-corrected chi connectivity index (χ0v) is 21.3. The summed E-state index contributed by atoms with van der Waals surface area (Å²) in [6.07, 6.45) is -18.7. The first-order valence-corrected chi connectivity index (χ1v) is 12.5. The number of phenolic OH excluding ortho intramolecular Hbond substituents is 4. The molecule has 2 saturated heterocycles. The van der Waals surface area contributed by atoms with E-state index in [9.17, 15) is 61.0 Å². The second kappa shape index (κ2) is 11.3. The smallest absolute Gasteiger partial charge is 0.197 e. The number of aliphatic hydroxyl groups excluding tert-OH is 7. The summed E-state index contributed by atoms with van der Waals surface area (Å²) in [4.78, 5) is 13.0. The van der Waals surface area contributed by atoms with Gasteiger partial charge in [-0.05, 0) is 18.2 Å². The molecule has 5 rings (SSSR count). The van der Waals surface area contributed by atoms with Gasteiger partial charge in [0.05, 0.1) is 12.2 Å². The predicted octanol–water partition coefficient (Wildman–Crippen LogP) is -2.42. The molecule has 2 fully saturated rings. The number of rotatable bonds is 5. The monoisotopic (exact) mass is 596 g/mol. The van der Waals surface area contributed by atoms with E-state index in [1.165, 1.54) is 6.07 Å². The van der Waals surface area contributed by atoms with Crippen LogP contribution in [0.25, 0.3) is 22.3 Å². The van der Waals surface area contributed by atoms with E-state index in [0.717, 1.165) is 24.3 Å². The first-order valence-electron chi connectivity index (χ1n) is 12.5. The summed E-state index contributed by atoms with van der Waals surface area (Å²) in [5, 5.41) is 112. The molecular weight excluding hydrogens is 568 g/mol. The molecule has 228 valence electrons. The molecule has 2 aliphatic rings. The molecule has 10 atom stereocenters. The molecule has 1 aromatic heterocycles. The lowest BCUT2D eigenvalue weighted by molar-refractivity contribution is -0.355. The van der Waals surface area contributed by atoms with Gasteiger partial charge in [-0.25, -0.2) is 0 Å². The van der Waals surface area contributed by atoms with Crippen molar-refractivity contribution in [2.24, 2.45) is 0 Å². The van der Waals surface area contributed by atoms with Crippen LogP contribution in [0.2, 0.25) is 0 Å². The van der Waals surface area contributed by atoms with E-state index >= 15 is 0 Å². The summed E-state index contributed by atoms with van der Waals surface area (Å²) >= 11 is 0. The second-order valence-electron chi connectivity index (χ2n) is 9.94. The van der Waals surface area contributed by atoms with Crippen molar-refractivity contribution < 1.29 is 74.8 Å². The molecule has 11 N–H and O–H groups in total. The van der Waals surface area contributed by atoms with Gasteiger partial charge in [-0.3, -0.25) is 4.79 Å². The zero-order chi connectivity index (χ0) is 30.6. The molecule has 0 amide bonds.